The van der Waals surface area contributed by atoms with Crippen LogP contribution < -0.4 is 10.2 Å². The Morgan fingerprint density at radius 1 is 1.63 bits per heavy atom. The first-order chi connectivity index (χ1) is 9.15. The standard InChI is InChI=1S/C13H16N4O2/c1-15-8-10-4-5-16(9-10)12-2-3-13(17(18)19)11(6-12)7-14/h2-3,6,10,15H,4-5,8-9H2,1H3. The molecule has 1 aliphatic heterocycles. The van der Waals surface area contributed by atoms with Crippen molar-refractivity contribution >= 4 is 11.4 Å². The van der Waals surface area contributed by atoms with Gasteiger partial charge in [-0.05, 0) is 38.1 Å². The molecule has 19 heavy (non-hydrogen) atoms. The molecule has 0 spiro atoms. The summed E-state index contributed by atoms with van der Waals surface area (Å²) >= 11 is 0. The molecule has 0 radical (unpaired) electrons. The molecule has 1 saturated heterocycles. The van der Waals surface area contributed by atoms with E-state index in [2.05, 4.69) is 10.2 Å². The first kappa shape index (κ1) is 13.3. The zero-order valence-corrected chi connectivity index (χ0v) is 10.8. The number of hydrogen-bond donors (Lipinski definition) is 1. The Hall–Kier alpha value is -2.13. The van der Waals surface area contributed by atoms with E-state index in [4.69, 9.17) is 5.26 Å². The van der Waals surface area contributed by atoms with Crippen molar-refractivity contribution in [1.29, 1.82) is 5.26 Å². The maximum absolute atomic E-state index is 10.8. The van der Waals surface area contributed by atoms with Crippen molar-refractivity contribution in [2.75, 3.05) is 31.6 Å². The van der Waals surface area contributed by atoms with E-state index in [-0.39, 0.29) is 11.3 Å². The van der Waals surface area contributed by atoms with Gasteiger partial charge in [0.1, 0.15) is 11.6 Å². The normalized spacial score (nSPS) is 18.3. The van der Waals surface area contributed by atoms with Gasteiger partial charge in [-0.2, -0.15) is 5.26 Å². The van der Waals surface area contributed by atoms with E-state index < -0.39 is 4.92 Å². The molecule has 0 bridgehead atoms. The molecule has 100 valence electrons. The van der Waals surface area contributed by atoms with Crippen LogP contribution in [0.25, 0.3) is 0 Å². The molecule has 1 N–H and O–H groups in total. The van der Waals surface area contributed by atoms with E-state index in [9.17, 15) is 10.1 Å². The van der Waals surface area contributed by atoms with Gasteiger partial charge < -0.3 is 10.2 Å². The molecule has 0 saturated carbocycles. The second kappa shape index (κ2) is 5.67. The third-order valence-corrected chi connectivity index (χ3v) is 3.44. The summed E-state index contributed by atoms with van der Waals surface area (Å²) in [5, 5.41) is 22.9. The van der Waals surface area contributed by atoms with Gasteiger partial charge in [-0.25, -0.2) is 0 Å². The molecule has 6 heteroatoms. The molecule has 1 fully saturated rings. The van der Waals surface area contributed by atoms with E-state index in [1.54, 1.807) is 12.1 Å². The number of benzene rings is 1. The molecule has 1 unspecified atom stereocenters. The number of nitriles is 1. The Labute approximate surface area is 111 Å². The van der Waals surface area contributed by atoms with E-state index in [1.807, 2.05) is 13.1 Å². The van der Waals surface area contributed by atoms with Crippen LogP contribution in [0.5, 0.6) is 0 Å². The van der Waals surface area contributed by atoms with Gasteiger partial charge >= 0.3 is 0 Å². The van der Waals surface area contributed by atoms with Gasteiger partial charge in [0, 0.05) is 24.8 Å². The van der Waals surface area contributed by atoms with Gasteiger partial charge in [-0.3, -0.25) is 10.1 Å². The van der Waals surface area contributed by atoms with Crippen LogP contribution in [0.4, 0.5) is 11.4 Å². The summed E-state index contributed by atoms with van der Waals surface area (Å²) in [6.45, 7) is 2.81. The topological polar surface area (TPSA) is 82.2 Å². The van der Waals surface area contributed by atoms with Crippen LogP contribution >= 0.6 is 0 Å². The summed E-state index contributed by atoms with van der Waals surface area (Å²) in [6, 6.07) is 6.65. The predicted octanol–water partition coefficient (Wildman–Crippen LogP) is 1.51. The smallest absolute Gasteiger partial charge is 0.287 e. The van der Waals surface area contributed by atoms with Gasteiger partial charge in [-0.1, -0.05) is 0 Å². The second-order valence-electron chi connectivity index (χ2n) is 4.73. The molecule has 2 rings (SSSR count). The first-order valence-corrected chi connectivity index (χ1v) is 6.23. The highest BCUT2D eigenvalue weighted by Gasteiger charge is 2.23. The van der Waals surface area contributed by atoms with Crippen molar-refractivity contribution in [2.45, 2.75) is 6.42 Å². The highest BCUT2D eigenvalue weighted by molar-refractivity contribution is 5.60. The quantitative estimate of drug-likeness (QED) is 0.655. The maximum atomic E-state index is 10.8. The van der Waals surface area contributed by atoms with E-state index in [0.717, 1.165) is 31.7 Å². The van der Waals surface area contributed by atoms with Crippen LogP contribution in [0.15, 0.2) is 18.2 Å². The van der Waals surface area contributed by atoms with Crippen molar-refractivity contribution in [3.05, 3.63) is 33.9 Å². The third kappa shape index (κ3) is 2.83. The molecule has 6 nitrogen and oxygen atoms in total. The highest BCUT2D eigenvalue weighted by Crippen LogP contribution is 2.28. The lowest BCUT2D eigenvalue weighted by atomic mass is 10.1. The Balaban J connectivity index is 2.19. The zero-order valence-electron chi connectivity index (χ0n) is 10.8. The van der Waals surface area contributed by atoms with Crippen LogP contribution in [-0.2, 0) is 0 Å². The molecule has 0 aliphatic carbocycles. The number of nitrogens with one attached hydrogen (secondary N) is 1. The fraction of sp³-hybridized carbons (Fsp3) is 0.462. The molecular weight excluding hydrogens is 244 g/mol. The first-order valence-electron chi connectivity index (χ1n) is 6.23. The molecule has 1 aliphatic rings. The highest BCUT2D eigenvalue weighted by atomic mass is 16.6. The summed E-state index contributed by atoms with van der Waals surface area (Å²) in [6.07, 6.45) is 1.10. The summed E-state index contributed by atoms with van der Waals surface area (Å²) in [4.78, 5) is 12.4. The molecule has 1 heterocycles. The average Bonchev–Trinajstić information content (AvgIpc) is 2.87. The lowest BCUT2D eigenvalue weighted by Crippen LogP contribution is -2.24. The second-order valence-corrected chi connectivity index (χ2v) is 4.73. The van der Waals surface area contributed by atoms with Crippen LogP contribution in [-0.4, -0.2) is 31.6 Å². The third-order valence-electron chi connectivity index (χ3n) is 3.44. The SMILES string of the molecule is CNCC1CCN(c2ccc([N+](=O)[O-])c(C#N)c2)C1. The Bertz CT molecular complexity index is 524. The van der Waals surface area contributed by atoms with E-state index in [0.29, 0.717) is 5.92 Å². The van der Waals surface area contributed by atoms with Crippen molar-refractivity contribution in [1.82, 2.24) is 5.32 Å². The Kier molecular flexibility index (Phi) is 3.97. The minimum Gasteiger partial charge on any atom is -0.371 e. The van der Waals surface area contributed by atoms with Crippen LogP contribution in [0, 0.1) is 27.4 Å². The van der Waals surface area contributed by atoms with Crippen molar-refractivity contribution < 1.29 is 4.92 Å². The maximum Gasteiger partial charge on any atom is 0.287 e. The number of nitro groups is 1. The minimum atomic E-state index is -0.518. The Morgan fingerprint density at radius 2 is 2.42 bits per heavy atom. The molecule has 1 atom stereocenters. The minimum absolute atomic E-state index is 0.125. The fourth-order valence-electron chi connectivity index (χ4n) is 2.49. The van der Waals surface area contributed by atoms with Crippen molar-refractivity contribution in [2.24, 2.45) is 5.92 Å². The van der Waals surface area contributed by atoms with Gasteiger partial charge in [0.2, 0.25) is 0 Å². The van der Waals surface area contributed by atoms with E-state index >= 15 is 0 Å². The lowest BCUT2D eigenvalue weighted by Gasteiger charge is -2.18. The fourth-order valence-corrected chi connectivity index (χ4v) is 2.49. The molecule has 0 aromatic heterocycles. The Morgan fingerprint density at radius 3 is 3.05 bits per heavy atom. The van der Waals surface area contributed by atoms with Crippen molar-refractivity contribution in [3.8, 4) is 6.07 Å². The van der Waals surface area contributed by atoms with Crippen molar-refractivity contribution in [3.63, 3.8) is 0 Å². The molecule has 1 aromatic carbocycles. The summed E-state index contributed by atoms with van der Waals surface area (Å²) in [5.41, 5.74) is 0.887. The number of rotatable bonds is 4. The lowest BCUT2D eigenvalue weighted by molar-refractivity contribution is -0.385. The van der Waals surface area contributed by atoms with Crippen LogP contribution in [0.2, 0.25) is 0 Å². The molecule has 0 amide bonds. The zero-order chi connectivity index (χ0) is 13.8. The predicted molar refractivity (Wildman–Crippen MR) is 72.1 cm³/mol. The monoisotopic (exact) mass is 260 g/mol. The largest absolute Gasteiger partial charge is 0.371 e. The molecule has 1 aromatic rings. The summed E-state index contributed by atoms with van der Waals surface area (Å²) in [7, 11) is 1.93. The van der Waals surface area contributed by atoms with Gasteiger partial charge in [0.15, 0.2) is 0 Å². The van der Waals surface area contributed by atoms with E-state index in [1.165, 1.54) is 6.07 Å². The number of hydrogen-bond acceptors (Lipinski definition) is 5. The number of nitrogens with zero attached hydrogens (tertiary/aromatic N) is 3. The number of nitro benzene ring substituents is 1. The summed E-state index contributed by atoms with van der Waals surface area (Å²) < 4.78 is 0. The van der Waals surface area contributed by atoms with Crippen LogP contribution in [0.3, 0.4) is 0 Å². The van der Waals surface area contributed by atoms with Gasteiger partial charge in [-0.15, -0.1) is 0 Å². The summed E-state index contributed by atoms with van der Waals surface area (Å²) in [5.74, 6) is 0.589. The van der Waals surface area contributed by atoms with Crippen LogP contribution in [0.1, 0.15) is 12.0 Å². The molecular formula is C13H16N4O2. The average molecular weight is 260 g/mol. The van der Waals surface area contributed by atoms with Gasteiger partial charge in [0.25, 0.3) is 5.69 Å². The number of anilines is 1. The van der Waals surface area contributed by atoms with Gasteiger partial charge in [0.05, 0.1) is 4.92 Å².